The van der Waals surface area contributed by atoms with Gasteiger partial charge < -0.3 is 14.3 Å². The summed E-state index contributed by atoms with van der Waals surface area (Å²) >= 11 is 5.32. The van der Waals surface area contributed by atoms with E-state index in [4.69, 9.17) is 17.0 Å². The number of hydrogen-bond acceptors (Lipinski definition) is 2. The Balaban J connectivity index is 2.58. The Morgan fingerprint density at radius 3 is 2.81 bits per heavy atom. The Bertz CT molecular complexity index is 554. The third kappa shape index (κ3) is 1.97. The van der Waals surface area contributed by atoms with Crippen molar-refractivity contribution in [3.63, 3.8) is 0 Å². The van der Waals surface area contributed by atoms with Crippen molar-refractivity contribution in [3.05, 3.63) is 23.0 Å². The van der Waals surface area contributed by atoms with Crippen LogP contribution in [0.5, 0.6) is 5.75 Å². The molecule has 3 nitrogen and oxygen atoms in total. The van der Waals surface area contributed by atoms with Gasteiger partial charge in [0.2, 0.25) is 0 Å². The number of methoxy groups -OCH3 is 1. The first kappa shape index (κ1) is 11.2. The Kier molecular flexibility index (Phi) is 3.01. The maximum atomic E-state index is 5.32. The zero-order chi connectivity index (χ0) is 11.7. The van der Waals surface area contributed by atoms with E-state index >= 15 is 0 Å². The standard InChI is InChI=1S/C12H16N2OS/c1-8(2)7-14-11-5-4-9(15-3)6-10(11)13-12(14)16/h4-6,8H,7H2,1-3H3,(H,13,16). The van der Waals surface area contributed by atoms with Crippen LogP contribution in [-0.4, -0.2) is 16.7 Å². The van der Waals surface area contributed by atoms with Crippen LogP contribution in [0.2, 0.25) is 0 Å². The van der Waals surface area contributed by atoms with Gasteiger partial charge >= 0.3 is 0 Å². The zero-order valence-corrected chi connectivity index (χ0v) is 10.6. The van der Waals surface area contributed by atoms with E-state index < -0.39 is 0 Å². The summed E-state index contributed by atoms with van der Waals surface area (Å²) in [4.78, 5) is 3.20. The predicted molar refractivity (Wildman–Crippen MR) is 68.5 cm³/mol. The molecular weight excluding hydrogens is 220 g/mol. The van der Waals surface area contributed by atoms with Gasteiger partial charge in [-0.2, -0.15) is 0 Å². The summed E-state index contributed by atoms with van der Waals surface area (Å²) in [6.07, 6.45) is 0. The SMILES string of the molecule is COc1ccc2c(c1)[nH]c(=S)n2CC(C)C. The molecule has 0 fully saturated rings. The summed E-state index contributed by atoms with van der Waals surface area (Å²) in [5.74, 6) is 1.42. The molecule has 0 amide bonds. The molecule has 2 aromatic rings. The lowest BCUT2D eigenvalue weighted by atomic mass is 10.2. The molecule has 0 radical (unpaired) electrons. The number of benzene rings is 1. The number of nitrogens with zero attached hydrogens (tertiary/aromatic N) is 1. The van der Waals surface area contributed by atoms with Gasteiger partial charge in [-0.25, -0.2) is 0 Å². The van der Waals surface area contributed by atoms with Crippen LogP contribution >= 0.6 is 12.2 Å². The van der Waals surface area contributed by atoms with E-state index in [1.807, 2.05) is 18.2 Å². The highest BCUT2D eigenvalue weighted by Gasteiger charge is 2.06. The van der Waals surface area contributed by atoms with Crippen LogP contribution in [0.3, 0.4) is 0 Å². The van der Waals surface area contributed by atoms with Gasteiger partial charge in [0, 0.05) is 12.6 Å². The van der Waals surface area contributed by atoms with Crippen molar-refractivity contribution in [2.24, 2.45) is 5.92 Å². The number of ether oxygens (including phenoxy) is 1. The van der Waals surface area contributed by atoms with E-state index in [1.165, 1.54) is 0 Å². The van der Waals surface area contributed by atoms with Gasteiger partial charge in [0.05, 0.1) is 18.1 Å². The Morgan fingerprint density at radius 2 is 2.19 bits per heavy atom. The van der Waals surface area contributed by atoms with Crippen molar-refractivity contribution in [2.75, 3.05) is 7.11 Å². The maximum absolute atomic E-state index is 5.32. The lowest BCUT2D eigenvalue weighted by molar-refractivity contribution is 0.415. The van der Waals surface area contributed by atoms with E-state index in [-0.39, 0.29) is 0 Å². The average Bonchev–Trinajstić information content (AvgIpc) is 2.54. The zero-order valence-electron chi connectivity index (χ0n) is 9.78. The van der Waals surface area contributed by atoms with Gasteiger partial charge in [0.15, 0.2) is 4.77 Å². The van der Waals surface area contributed by atoms with Gasteiger partial charge in [-0.05, 0) is 30.3 Å². The van der Waals surface area contributed by atoms with Crippen molar-refractivity contribution in [3.8, 4) is 5.75 Å². The van der Waals surface area contributed by atoms with Gasteiger partial charge in [0.1, 0.15) is 5.75 Å². The number of rotatable bonds is 3. The molecule has 2 rings (SSSR count). The fourth-order valence-electron chi connectivity index (χ4n) is 1.82. The smallest absolute Gasteiger partial charge is 0.178 e. The third-order valence-electron chi connectivity index (χ3n) is 2.53. The molecule has 1 N–H and O–H groups in total. The lowest BCUT2D eigenvalue weighted by Crippen LogP contribution is -2.03. The summed E-state index contributed by atoms with van der Waals surface area (Å²) in [6, 6.07) is 5.98. The van der Waals surface area contributed by atoms with Gasteiger partial charge in [-0.15, -0.1) is 0 Å². The van der Waals surface area contributed by atoms with Crippen molar-refractivity contribution < 1.29 is 4.74 Å². The average molecular weight is 236 g/mol. The van der Waals surface area contributed by atoms with Crippen LogP contribution in [0, 0.1) is 10.7 Å². The van der Waals surface area contributed by atoms with E-state index in [0.717, 1.165) is 28.1 Å². The quantitative estimate of drug-likeness (QED) is 0.828. The van der Waals surface area contributed by atoms with E-state index in [9.17, 15) is 0 Å². The lowest BCUT2D eigenvalue weighted by Gasteiger charge is -2.07. The second-order valence-corrected chi connectivity index (χ2v) is 4.70. The van der Waals surface area contributed by atoms with Gasteiger partial charge in [-0.1, -0.05) is 13.8 Å². The number of fused-ring (bicyclic) bond motifs is 1. The van der Waals surface area contributed by atoms with Crippen LogP contribution in [0.15, 0.2) is 18.2 Å². The number of imidazole rings is 1. The maximum Gasteiger partial charge on any atom is 0.178 e. The summed E-state index contributed by atoms with van der Waals surface area (Å²) in [6.45, 7) is 5.30. The fourth-order valence-corrected chi connectivity index (χ4v) is 2.10. The summed E-state index contributed by atoms with van der Waals surface area (Å²) < 4.78 is 8.10. The highest BCUT2D eigenvalue weighted by molar-refractivity contribution is 7.71. The molecule has 0 aliphatic heterocycles. The van der Waals surface area contributed by atoms with Crippen LogP contribution < -0.4 is 4.74 Å². The largest absolute Gasteiger partial charge is 0.497 e. The number of hydrogen-bond donors (Lipinski definition) is 1. The highest BCUT2D eigenvalue weighted by atomic mass is 32.1. The number of nitrogens with one attached hydrogen (secondary N) is 1. The van der Waals surface area contributed by atoms with Crippen molar-refractivity contribution >= 4 is 23.3 Å². The van der Waals surface area contributed by atoms with Crippen molar-refractivity contribution in [1.82, 2.24) is 9.55 Å². The number of aromatic amines is 1. The van der Waals surface area contributed by atoms with Crippen LogP contribution in [0.4, 0.5) is 0 Å². The van der Waals surface area contributed by atoms with Crippen LogP contribution in [-0.2, 0) is 6.54 Å². The second-order valence-electron chi connectivity index (χ2n) is 4.32. The van der Waals surface area contributed by atoms with Crippen molar-refractivity contribution in [1.29, 1.82) is 0 Å². The molecule has 0 unspecified atom stereocenters. The van der Waals surface area contributed by atoms with Gasteiger partial charge in [0.25, 0.3) is 0 Å². The second kappa shape index (κ2) is 4.29. The molecule has 0 saturated carbocycles. The van der Waals surface area contributed by atoms with E-state index in [0.29, 0.717) is 5.92 Å². The number of aromatic nitrogens is 2. The molecule has 0 bridgehead atoms. The first-order valence-corrected chi connectivity index (χ1v) is 5.79. The Morgan fingerprint density at radius 1 is 1.44 bits per heavy atom. The minimum atomic E-state index is 0.577. The van der Waals surface area contributed by atoms with E-state index in [2.05, 4.69) is 23.4 Å². The normalized spacial score (nSPS) is 11.2. The first-order valence-electron chi connectivity index (χ1n) is 5.38. The molecule has 16 heavy (non-hydrogen) atoms. The molecule has 0 aliphatic rings. The number of H-pyrrole nitrogens is 1. The third-order valence-corrected chi connectivity index (χ3v) is 2.85. The molecule has 1 heterocycles. The van der Waals surface area contributed by atoms with Crippen LogP contribution in [0.1, 0.15) is 13.8 Å². The van der Waals surface area contributed by atoms with Gasteiger partial charge in [-0.3, -0.25) is 0 Å². The Hall–Kier alpha value is -1.29. The molecule has 0 saturated heterocycles. The topological polar surface area (TPSA) is 29.9 Å². The molecule has 0 atom stereocenters. The molecule has 1 aromatic carbocycles. The molecule has 1 aromatic heterocycles. The minimum Gasteiger partial charge on any atom is -0.497 e. The van der Waals surface area contributed by atoms with E-state index in [1.54, 1.807) is 7.11 Å². The molecule has 86 valence electrons. The summed E-state index contributed by atoms with van der Waals surface area (Å²) in [7, 11) is 1.67. The van der Waals surface area contributed by atoms with Crippen LogP contribution in [0.25, 0.3) is 11.0 Å². The highest BCUT2D eigenvalue weighted by Crippen LogP contribution is 2.21. The molecular formula is C12H16N2OS. The Labute approximate surface area is 100 Å². The molecule has 0 aliphatic carbocycles. The molecule has 4 heteroatoms. The van der Waals surface area contributed by atoms with Crippen molar-refractivity contribution in [2.45, 2.75) is 20.4 Å². The summed E-state index contributed by atoms with van der Waals surface area (Å²) in [5, 5.41) is 0. The minimum absolute atomic E-state index is 0.577. The predicted octanol–water partition coefficient (Wildman–Crippen LogP) is 3.36. The fraction of sp³-hybridized carbons (Fsp3) is 0.417. The first-order chi connectivity index (χ1) is 7.61. The summed E-state index contributed by atoms with van der Waals surface area (Å²) in [5.41, 5.74) is 2.17. The monoisotopic (exact) mass is 236 g/mol. The molecule has 0 spiro atoms.